The van der Waals surface area contributed by atoms with E-state index in [0.29, 0.717) is 23.4 Å². The van der Waals surface area contributed by atoms with Crippen molar-refractivity contribution in [1.29, 1.82) is 0 Å². The van der Waals surface area contributed by atoms with Gasteiger partial charge in [0.25, 0.3) is 0 Å². The maximum absolute atomic E-state index is 3.89. The zero-order valence-electron chi connectivity index (χ0n) is 16.0. The molecule has 3 aromatic carbocycles. The number of hydrogen-bond acceptors (Lipinski definition) is 1. The highest BCUT2D eigenvalue weighted by Gasteiger charge is 2.16. The third kappa shape index (κ3) is 5.52. The van der Waals surface area contributed by atoms with Crippen LogP contribution in [-0.2, 0) is 6.42 Å². The van der Waals surface area contributed by atoms with Crippen molar-refractivity contribution in [3.05, 3.63) is 103 Å². The Bertz CT molecular complexity index is 819. The fourth-order valence-corrected chi connectivity index (χ4v) is 5.84. The Morgan fingerprint density at radius 1 is 0.852 bits per heavy atom. The molecule has 0 bridgehead atoms. The van der Waals surface area contributed by atoms with Crippen molar-refractivity contribution in [2.45, 2.75) is 26.2 Å². The van der Waals surface area contributed by atoms with E-state index in [1.807, 2.05) is 6.08 Å². The lowest BCUT2D eigenvalue weighted by atomic mass is 9.98. The fraction of sp³-hybridized carbons (Fsp3) is 0.167. The van der Waals surface area contributed by atoms with Crippen molar-refractivity contribution in [3.63, 3.8) is 0 Å². The van der Waals surface area contributed by atoms with Gasteiger partial charge in [0.1, 0.15) is 0 Å². The van der Waals surface area contributed by atoms with Gasteiger partial charge >= 0.3 is 0 Å². The maximum Gasteiger partial charge on any atom is 0.0469 e. The molecule has 3 rings (SSSR count). The zero-order valence-corrected chi connectivity index (χ0v) is 18.0. The van der Waals surface area contributed by atoms with Gasteiger partial charge in [-0.15, -0.1) is 6.58 Å². The number of benzene rings is 3. The summed E-state index contributed by atoms with van der Waals surface area (Å²) in [7, 11) is 1.22. The first-order valence-electron chi connectivity index (χ1n) is 9.34. The minimum atomic E-state index is 0.480. The van der Waals surface area contributed by atoms with E-state index in [9.17, 15) is 0 Å². The molecule has 0 aromatic heterocycles. The van der Waals surface area contributed by atoms with Gasteiger partial charge in [-0.3, -0.25) is 0 Å². The highest BCUT2D eigenvalue weighted by atomic mass is 31.1. The smallest absolute Gasteiger partial charge is 0.0469 e. The Morgan fingerprint density at radius 3 is 1.89 bits per heavy atom. The molecule has 0 fully saturated rings. The Labute approximate surface area is 167 Å². The van der Waals surface area contributed by atoms with Crippen LogP contribution in [0.25, 0.3) is 0 Å². The first kappa shape index (κ1) is 19.8. The molecule has 3 heteroatoms. The highest BCUT2D eigenvalue weighted by Crippen LogP contribution is 2.42. The van der Waals surface area contributed by atoms with Crippen LogP contribution in [0.5, 0.6) is 0 Å². The predicted octanol–water partition coefficient (Wildman–Crippen LogP) is 6.18. The van der Waals surface area contributed by atoms with E-state index in [1.165, 1.54) is 27.4 Å². The second-order valence-corrected chi connectivity index (χ2v) is 9.78. The van der Waals surface area contributed by atoms with Crippen LogP contribution in [0, 0.1) is 0 Å². The topological polar surface area (TPSA) is 3.24 Å². The molecule has 0 spiro atoms. The van der Waals surface area contributed by atoms with E-state index in [1.54, 1.807) is 0 Å². The van der Waals surface area contributed by atoms with Crippen LogP contribution in [0.4, 0.5) is 5.69 Å². The molecule has 0 heterocycles. The van der Waals surface area contributed by atoms with Crippen LogP contribution in [0.1, 0.15) is 30.9 Å². The predicted molar refractivity (Wildman–Crippen MR) is 126 cm³/mol. The molecule has 0 saturated heterocycles. The van der Waals surface area contributed by atoms with Gasteiger partial charge in [-0.25, -0.2) is 0 Å². The first-order chi connectivity index (χ1) is 13.2. The summed E-state index contributed by atoms with van der Waals surface area (Å²) in [6, 6.07) is 28.5. The summed E-state index contributed by atoms with van der Waals surface area (Å²) in [5.41, 5.74) is 4.10. The monoisotopic (exact) mass is 391 g/mol. The van der Waals surface area contributed by atoms with E-state index in [0.717, 1.165) is 6.42 Å². The molecule has 0 radical (unpaired) electrons. The van der Waals surface area contributed by atoms with Gasteiger partial charge in [0.15, 0.2) is 0 Å². The summed E-state index contributed by atoms with van der Waals surface area (Å²) in [5.74, 6) is 0.480. The molecule has 3 aromatic rings. The van der Waals surface area contributed by atoms with Gasteiger partial charge < -0.3 is 4.44 Å². The van der Waals surface area contributed by atoms with E-state index < -0.39 is 0 Å². The average Bonchev–Trinajstić information content (AvgIpc) is 2.69. The zero-order chi connectivity index (χ0) is 19.1. The van der Waals surface area contributed by atoms with Gasteiger partial charge in [-0.2, -0.15) is 0 Å². The van der Waals surface area contributed by atoms with Crippen LogP contribution in [0.2, 0.25) is 0 Å². The molecule has 0 saturated carbocycles. The van der Waals surface area contributed by atoms with Crippen LogP contribution in [0.3, 0.4) is 0 Å². The first-order valence-corrected chi connectivity index (χ1v) is 11.2. The number of nitrogens with zero attached hydrogens (tertiary/aromatic N) is 1. The van der Waals surface area contributed by atoms with Crippen molar-refractivity contribution < 1.29 is 0 Å². The molecule has 138 valence electrons. The molecular weight excluding hydrogens is 364 g/mol. The summed E-state index contributed by atoms with van der Waals surface area (Å²) in [4.78, 5) is 0. The minimum absolute atomic E-state index is 0.480. The number of allylic oxidation sites excluding steroid dienone is 1. The minimum Gasteiger partial charge on any atom is -0.326 e. The van der Waals surface area contributed by atoms with Crippen LogP contribution in [-0.4, -0.2) is 0 Å². The lowest BCUT2D eigenvalue weighted by molar-refractivity contribution is 0.865. The fourth-order valence-electron chi connectivity index (χ4n) is 3.00. The summed E-state index contributed by atoms with van der Waals surface area (Å²) >= 11 is 0. The van der Waals surface area contributed by atoms with Gasteiger partial charge in [0.05, 0.1) is 0 Å². The van der Waals surface area contributed by atoms with Crippen LogP contribution >= 0.6 is 17.5 Å². The molecule has 0 N–H and O–H groups in total. The molecule has 2 atom stereocenters. The highest BCUT2D eigenvalue weighted by molar-refractivity contribution is 7.67. The molecule has 0 aliphatic heterocycles. The van der Waals surface area contributed by atoms with Crippen LogP contribution < -0.4 is 15.1 Å². The Morgan fingerprint density at radius 2 is 1.41 bits per heavy atom. The Balaban J connectivity index is 1.99. The largest absolute Gasteiger partial charge is 0.326 e. The molecule has 0 aliphatic rings. The van der Waals surface area contributed by atoms with Crippen molar-refractivity contribution in [2.24, 2.45) is 0 Å². The quantitative estimate of drug-likeness (QED) is 0.327. The second-order valence-electron chi connectivity index (χ2n) is 6.83. The van der Waals surface area contributed by atoms with Gasteiger partial charge in [0.2, 0.25) is 0 Å². The standard InChI is InChI=1S/C24H27NP2/c1-4-11-20-16-17-24(23(18-20)19(2)3)25(26-21-12-7-5-8-13-21)27-22-14-9-6-10-15-22/h4-10,12-19,26-27H,1,11H2,2-3H3. The van der Waals surface area contributed by atoms with Gasteiger partial charge in [0, 0.05) is 23.2 Å². The SMILES string of the molecule is C=CCc1ccc(N(Pc2ccccc2)Pc2ccccc2)c(C(C)C)c1. The number of anilines is 1. The molecule has 27 heavy (non-hydrogen) atoms. The molecule has 2 unspecified atom stereocenters. The third-order valence-corrected chi connectivity index (χ3v) is 7.15. The van der Waals surface area contributed by atoms with E-state index in [4.69, 9.17) is 0 Å². The summed E-state index contributed by atoms with van der Waals surface area (Å²) in [6.07, 6.45) is 2.90. The molecule has 1 nitrogen and oxygen atoms in total. The van der Waals surface area contributed by atoms with Gasteiger partial charge in [-0.05, 0) is 40.1 Å². The van der Waals surface area contributed by atoms with Crippen molar-refractivity contribution in [2.75, 3.05) is 4.44 Å². The Kier molecular flexibility index (Phi) is 7.22. The Hall–Kier alpha value is -1.94. The average molecular weight is 391 g/mol. The molecule has 0 aliphatic carbocycles. The van der Waals surface area contributed by atoms with Crippen LogP contribution in [0.15, 0.2) is 91.5 Å². The number of hydrogen-bond donors (Lipinski definition) is 0. The normalized spacial score (nSPS) is 11.7. The second kappa shape index (κ2) is 9.84. The summed E-state index contributed by atoms with van der Waals surface area (Å²) in [5, 5.41) is 2.73. The van der Waals surface area contributed by atoms with E-state index in [2.05, 4.69) is 104 Å². The van der Waals surface area contributed by atoms with Crippen molar-refractivity contribution in [1.82, 2.24) is 0 Å². The van der Waals surface area contributed by atoms with Crippen molar-refractivity contribution in [3.8, 4) is 0 Å². The van der Waals surface area contributed by atoms with Crippen molar-refractivity contribution >= 4 is 33.8 Å². The van der Waals surface area contributed by atoms with E-state index >= 15 is 0 Å². The molecular formula is C24H27NP2. The lowest BCUT2D eigenvalue weighted by Crippen LogP contribution is -2.13. The maximum atomic E-state index is 3.89. The summed E-state index contributed by atoms with van der Waals surface area (Å²) in [6.45, 7) is 8.46. The van der Waals surface area contributed by atoms with Gasteiger partial charge in [-0.1, -0.05) is 92.7 Å². The lowest BCUT2D eigenvalue weighted by Gasteiger charge is -2.28. The third-order valence-electron chi connectivity index (χ3n) is 4.36. The van der Waals surface area contributed by atoms with E-state index in [-0.39, 0.29) is 0 Å². The number of rotatable bonds is 8. The molecule has 0 amide bonds. The summed E-state index contributed by atoms with van der Waals surface area (Å²) < 4.78 is 2.55.